The number of aromatic nitrogens is 3. The Bertz CT molecular complexity index is 4230. The van der Waals surface area contributed by atoms with Crippen molar-refractivity contribution in [3.63, 3.8) is 0 Å². The van der Waals surface area contributed by atoms with E-state index < -0.39 is 0 Å². The zero-order valence-electron chi connectivity index (χ0n) is 35.6. The van der Waals surface area contributed by atoms with Crippen LogP contribution in [0.4, 0.5) is 0 Å². The predicted octanol–water partition coefficient (Wildman–Crippen LogP) is 17.0. The minimum Gasteiger partial charge on any atom is -0.456 e. The second-order valence-corrected chi connectivity index (χ2v) is 18.4. The van der Waals surface area contributed by atoms with Gasteiger partial charge < -0.3 is 4.42 Å². The van der Waals surface area contributed by atoms with Gasteiger partial charge >= 0.3 is 0 Å². The Morgan fingerprint density at radius 2 is 1.15 bits per heavy atom. The molecule has 4 heterocycles. The van der Waals surface area contributed by atoms with Gasteiger partial charge in [0, 0.05) is 63.8 Å². The highest BCUT2D eigenvalue weighted by molar-refractivity contribution is 7.26. The minimum absolute atomic E-state index is 0.685. The van der Waals surface area contributed by atoms with E-state index in [1.165, 1.54) is 74.6 Å². The number of hydrogen-bond donors (Lipinski definition) is 0. The first-order valence-electron chi connectivity index (χ1n) is 22.5. The van der Waals surface area contributed by atoms with Crippen LogP contribution in [-0.2, 0) is 0 Å². The van der Waals surface area contributed by atoms with Crippen LogP contribution in [-0.4, -0.2) is 15.0 Å². The molecule has 0 spiro atoms. The number of thiophene rings is 1. The third kappa shape index (κ3) is 5.87. The summed E-state index contributed by atoms with van der Waals surface area (Å²) in [5.41, 5.74) is 12.4. The van der Waals surface area contributed by atoms with Crippen LogP contribution in [0.15, 0.2) is 205 Å². The van der Waals surface area contributed by atoms with E-state index in [1.807, 2.05) is 29.5 Å². The van der Waals surface area contributed by atoms with E-state index in [2.05, 4.69) is 182 Å². The first kappa shape index (κ1) is 37.2. The number of hydrogen-bond acceptors (Lipinski definition) is 5. The minimum atomic E-state index is 0.685. The van der Waals surface area contributed by atoms with Gasteiger partial charge in [0.25, 0.3) is 0 Å². The Hall–Kier alpha value is -8.25. The highest BCUT2D eigenvalue weighted by Gasteiger charge is 2.21. The molecule has 0 aliphatic heterocycles. The van der Waals surface area contributed by atoms with E-state index in [4.69, 9.17) is 19.4 Å². The molecule has 4 nitrogen and oxygen atoms in total. The summed E-state index contributed by atoms with van der Waals surface area (Å²) in [5, 5.41) is 13.3. The molecule has 0 atom stereocenters. The molecule has 66 heavy (non-hydrogen) atoms. The quantitative estimate of drug-likeness (QED) is 0.162. The summed E-state index contributed by atoms with van der Waals surface area (Å²) in [7, 11) is 0. The largest absolute Gasteiger partial charge is 0.456 e. The van der Waals surface area contributed by atoms with Crippen molar-refractivity contribution in [1.82, 2.24) is 15.0 Å². The van der Waals surface area contributed by atoms with Gasteiger partial charge in [-0.15, -0.1) is 11.3 Å². The zero-order chi connectivity index (χ0) is 43.3. The van der Waals surface area contributed by atoms with Crippen LogP contribution < -0.4 is 0 Å². The lowest BCUT2D eigenvalue weighted by Crippen LogP contribution is -2.00. The average molecular weight is 860 g/mol. The molecule has 5 heteroatoms. The van der Waals surface area contributed by atoms with Gasteiger partial charge in [-0.1, -0.05) is 152 Å². The van der Waals surface area contributed by atoms with E-state index in [1.54, 1.807) is 0 Å². The number of fused-ring (bicyclic) bond motifs is 13. The summed E-state index contributed by atoms with van der Waals surface area (Å²) in [5.74, 6) is 0.685. The second kappa shape index (κ2) is 14.6. The number of para-hydroxylation sites is 2. The fourth-order valence-corrected chi connectivity index (χ4v) is 11.7. The van der Waals surface area contributed by atoms with E-state index in [0.29, 0.717) is 5.82 Å². The molecule has 14 rings (SSSR count). The van der Waals surface area contributed by atoms with Gasteiger partial charge in [0.1, 0.15) is 11.2 Å². The molecule has 0 saturated carbocycles. The normalized spacial score (nSPS) is 13.2. The molecule has 0 amide bonds. The molecule has 308 valence electrons. The second-order valence-electron chi connectivity index (χ2n) is 17.4. The van der Waals surface area contributed by atoms with Crippen LogP contribution >= 0.6 is 11.3 Å². The fraction of sp³-hybridized carbons (Fsp3) is 0.0328. The molecule has 0 bridgehead atoms. The molecule has 4 aromatic heterocycles. The third-order valence-corrected chi connectivity index (χ3v) is 14.7. The van der Waals surface area contributed by atoms with Crippen molar-refractivity contribution in [1.29, 1.82) is 0 Å². The fourth-order valence-electron chi connectivity index (χ4n) is 10.4. The van der Waals surface area contributed by atoms with E-state index >= 15 is 0 Å². The van der Waals surface area contributed by atoms with Gasteiger partial charge in [-0.25, -0.2) is 15.0 Å². The van der Waals surface area contributed by atoms with Crippen molar-refractivity contribution in [2.24, 2.45) is 0 Å². The highest BCUT2D eigenvalue weighted by atomic mass is 32.1. The molecule has 1 aliphatic rings. The lowest BCUT2D eigenvalue weighted by Gasteiger charge is -2.16. The number of furan rings is 1. The smallest absolute Gasteiger partial charge is 0.160 e. The maximum atomic E-state index is 6.30. The van der Waals surface area contributed by atoms with Gasteiger partial charge in [0.15, 0.2) is 5.82 Å². The molecule has 1 aliphatic carbocycles. The van der Waals surface area contributed by atoms with Gasteiger partial charge in [-0.3, -0.25) is 0 Å². The van der Waals surface area contributed by atoms with E-state index in [9.17, 15) is 0 Å². The van der Waals surface area contributed by atoms with Crippen molar-refractivity contribution in [3.8, 4) is 33.9 Å². The van der Waals surface area contributed by atoms with Crippen LogP contribution in [0.5, 0.6) is 0 Å². The molecular formula is C61H37N3OS. The highest BCUT2D eigenvalue weighted by Crippen LogP contribution is 2.46. The number of nitrogens with zero attached hydrogens (tertiary/aromatic N) is 3. The Kier molecular flexibility index (Phi) is 8.24. The van der Waals surface area contributed by atoms with Gasteiger partial charge in [0.05, 0.1) is 22.6 Å². The van der Waals surface area contributed by atoms with E-state index in [-0.39, 0.29) is 0 Å². The topological polar surface area (TPSA) is 51.8 Å². The average Bonchev–Trinajstić information content (AvgIpc) is 3.96. The van der Waals surface area contributed by atoms with Crippen LogP contribution in [0.25, 0.3) is 130 Å². The van der Waals surface area contributed by atoms with Crippen molar-refractivity contribution in [2.75, 3.05) is 0 Å². The Balaban J connectivity index is 0.897. The lowest BCUT2D eigenvalue weighted by atomic mass is 9.91. The molecular weight excluding hydrogens is 823 g/mol. The lowest BCUT2D eigenvalue weighted by molar-refractivity contribution is 0.669. The van der Waals surface area contributed by atoms with Gasteiger partial charge in [0.2, 0.25) is 0 Å². The Morgan fingerprint density at radius 1 is 0.455 bits per heavy atom. The van der Waals surface area contributed by atoms with E-state index in [0.717, 1.165) is 74.1 Å². The summed E-state index contributed by atoms with van der Waals surface area (Å²) in [4.78, 5) is 15.9. The summed E-state index contributed by atoms with van der Waals surface area (Å²) in [6, 6.07) is 67.2. The summed E-state index contributed by atoms with van der Waals surface area (Å²) >= 11 is 1.89. The van der Waals surface area contributed by atoms with Crippen molar-refractivity contribution < 1.29 is 4.42 Å². The molecule has 0 radical (unpaired) electrons. The summed E-state index contributed by atoms with van der Waals surface area (Å²) in [6.45, 7) is 0. The van der Waals surface area contributed by atoms with Crippen LogP contribution in [0.1, 0.15) is 24.1 Å². The van der Waals surface area contributed by atoms with Crippen LogP contribution in [0.2, 0.25) is 0 Å². The molecule has 0 unspecified atom stereocenters. The predicted molar refractivity (Wildman–Crippen MR) is 278 cm³/mol. The molecule has 0 fully saturated rings. The third-order valence-electron chi connectivity index (χ3n) is 13.5. The monoisotopic (exact) mass is 859 g/mol. The van der Waals surface area contributed by atoms with Gasteiger partial charge in [-0.2, -0.15) is 0 Å². The standard InChI is InChI=1S/C61H37N3OS/c1-2-13-36(14-3-1)53-35-54(64-61(63-53)41-26-27-46-45-21-9-11-24-55(45)65-56(46)33-41)40-17-12-16-37(31-40)38-25-28-47-48-29-30-50-58(60(48)66-57(47)34-38)49-22-8-10-23-52(49)62-59(50)51-32-39-15-4-5-18-42(39)43-19-6-7-20-44(43)51/h1-11,13-16,18-35H,12,17H2. The number of rotatable bonds is 5. The van der Waals surface area contributed by atoms with Crippen molar-refractivity contribution in [2.45, 2.75) is 12.8 Å². The van der Waals surface area contributed by atoms with Crippen LogP contribution in [0.3, 0.4) is 0 Å². The first-order chi connectivity index (χ1) is 32.7. The van der Waals surface area contributed by atoms with Crippen molar-refractivity contribution in [3.05, 3.63) is 211 Å². The zero-order valence-corrected chi connectivity index (χ0v) is 36.4. The maximum absolute atomic E-state index is 6.30. The van der Waals surface area contributed by atoms with Crippen LogP contribution in [0, 0.1) is 0 Å². The summed E-state index contributed by atoms with van der Waals surface area (Å²) in [6.07, 6.45) is 6.54. The SMILES string of the molecule is C1=C(c2ccc3c(c2)sc2c3ccc3c(-c4cc5ccccc5c5ccccc45)nc4ccccc4c32)C=C(c2cc(-c3ccccc3)nc(-c3ccc4c(c3)oc3ccccc34)n2)CC1. The molecule has 9 aromatic carbocycles. The van der Waals surface area contributed by atoms with Crippen molar-refractivity contribution >= 4 is 108 Å². The number of allylic oxidation sites excluding steroid dienone is 4. The Labute approximate surface area is 383 Å². The molecule has 13 aromatic rings. The van der Waals surface area contributed by atoms with Gasteiger partial charge in [-0.05, 0) is 99.6 Å². The molecule has 0 N–H and O–H groups in total. The summed E-state index contributed by atoms with van der Waals surface area (Å²) < 4.78 is 8.87. The Morgan fingerprint density at radius 3 is 2.06 bits per heavy atom. The maximum Gasteiger partial charge on any atom is 0.160 e. The number of pyridine rings is 1. The molecule has 0 saturated heterocycles. The first-order valence-corrected chi connectivity index (χ1v) is 23.4. The number of benzene rings is 9.